The average molecular weight is 433 g/mol. The van der Waals surface area contributed by atoms with Crippen molar-refractivity contribution in [2.45, 2.75) is 38.8 Å². The van der Waals surface area contributed by atoms with E-state index in [0.717, 1.165) is 35.1 Å². The van der Waals surface area contributed by atoms with E-state index >= 15 is 0 Å². The minimum absolute atomic E-state index is 0.00477. The van der Waals surface area contributed by atoms with Crippen LogP contribution in [0.15, 0.2) is 53.5 Å². The zero-order chi connectivity index (χ0) is 22.2. The maximum atomic E-state index is 13.1. The van der Waals surface area contributed by atoms with Crippen molar-refractivity contribution in [1.29, 1.82) is 0 Å². The number of rotatable bonds is 5. The number of amides is 1. The molecular weight excluding hydrogens is 404 g/mol. The van der Waals surface area contributed by atoms with Crippen LogP contribution in [-0.4, -0.2) is 45.1 Å². The molecule has 0 radical (unpaired) electrons. The number of methoxy groups -OCH3 is 1. The second kappa shape index (κ2) is 8.22. The topological polar surface area (TPSA) is 72.3 Å². The molecule has 2 aromatic carbocycles. The highest BCUT2D eigenvalue weighted by molar-refractivity contribution is 5.85. The number of H-pyrrole nitrogens is 1. The van der Waals surface area contributed by atoms with E-state index in [2.05, 4.69) is 17.2 Å². The van der Waals surface area contributed by atoms with Gasteiger partial charge in [0.2, 0.25) is 5.91 Å². The molecule has 2 aromatic heterocycles. The summed E-state index contributed by atoms with van der Waals surface area (Å²) in [5.74, 6) is 1.25. The fraction of sp³-hybridized carbons (Fsp3) is 0.360. The van der Waals surface area contributed by atoms with Crippen LogP contribution >= 0.6 is 0 Å². The minimum Gasteiger partial charge on any atom is -0.497 e. The number of carbonyl (C=O) groups excluding carboxylic acids is 1. The predicted molar refractivity (Wildman–Crippen MR) is 125 cm³/mol. The summed E-state index contributed by atoms with van der Waals surface area (Å²) in [6, 6.07) is 13.8. The van der Waals surface area contributed by atoms with Crippen molar-refractivity contribution in [2.75, 3.05) is 20.2 Å². The standard InChI is InChI=1S/C25H28N4O3/c1-3-28-22-6-4-5-7-23(22)29(25(28)31)16-24(30)27-12-10-17(11-13-27)20-15-26-21-9-8-18(32-2)14-19(20)21/h4-9,14-15,17,26H,3,10-13,16H2,1-2H3. The number of nitrogens with one attached hydrogen (secondary N) is 1. The molecule has 7 nitrogen and oxygen atoms in total. The molecule has 166 valence electrons. The van der Waals surface area contributed by atoms with Gasteiger partial charge in [0, 0.05) is 36.7 Å². The van der Waals surface area contributed by atoms with Crippen LogP contribution in [0.3, 0.4) is 0 Å². The molecule has 0 spiro atoms. The molecule has 1 saturated heterocycles. The lowest BCUT2D eigenvalue weighted by molar-refractivity contribution is -0.132. The predicted octanol–water partition coefficient (Wildman–Crippen LogP) is 3.72. The number of benzene rings is 2. The van der Waals surface area contributed by atoms with Crippen molar-refractivity contribution in [2.24, 2.45) is 0 Å². The van der Waals surface area contributed by atoms with Gasteiger partial charge in [-0.2, -0.15) is 0 Å². The molecule has 5 rings (SSSR count). The van der Waals surface area contributed by atoms with Crippen molar-refractivity contribution < 1.29 is 9.53 Å². The number of nitrogens with zero attached hydrogens (tertiary/aromatic N) is 3. The number of aryl methyl sites for hydroxylation is 1. The summed E-state index contributed by atoms with van der Waals surface area (Å²) in [6.45, 7) is 4.01. The minimum atomic E-state index is -0.121. The van der Waals surface area contributed by atoms with E-state index in [4.69, 9.17) is 4.74 Å². The van der Waals surface area contributed by atoms with Crippen LogP contribution in [-0.2, 0) is 17.9 Å². The van der Waals surface area contributed by atoms with Crippen molar-refractivity contribution in [3.05, 3.63) is 64.7 Å². The summed E-state index contributed by atoms with van der Waals surface area (Å²) in [7, 11) is 1.68. The van der Waals surface area contributed by atoms with Crippen molar-refractivity contribution in [3.8, 4) is 5.75 Å². The third-order valence-electron chi connectivity index (χ3n) is 6.74. The molecule has 1 aliphatic rings. The van der Waals surface area contributed by atoms with Gasteiger partial charge in [0.1, 0.15) is 12.3 Å². The van der Waals surface area contributed by atoms with E-state index in [0.29, 0.717) is 25.6 Å². The first-order valence-electron chi connectivity index (χ1n) is 11.2. The Labute approximate surface area is 186 Å². The number of carbonyl (C=O) groups is 1. The SMILES string of the molecule is CCn1c(=O)n(CC(=O)N2CCC(c3c[nH]c4ccc(OC)cc34)CC2)c2ccccc21. The Morgan fingerprint density at radius 1 is 1.09 bits per heavy atom. The lowest BCUT2D eigenvalue weighted by Crippen LogP contribution is -2.41. The molecule has 1 amide bonds. The van der Waals surface area contributed by atoms with E-state index in [1.54, 1.807) is 16.2 Å². The average Bonchev–Trinajstić information content (AvgIpc) is 3.37. The Bertz CT molecular complexity index is 1340. The number of piperidine rings is 1. The third-order valence-corrected chi connectivity index (χ3v) is 6.74. The first-order valence-corrected chi connectivity index (χ1v) is 11.2. The maximum Gasteiger partial charge on any atom is 0.329 e. The first-order chi connectivity index (χ1) is 15.6. The van der Waals surface area contributed by atoms with Crippen LogP contribution in [0.1, 0.15) is 31.2 Å². The molecule has 7 heteroatoms. The molecule has 0 unspecified atom stereocenters. The van der Waals surface area contributed by atoms with Crippen LogP contribution < -0.4 is 10.4 Å². The summed E-state index contributed by atoms with van der Waals surface area (Å²) in [4.78, 5) is 31.2. The smallest absolute Gasteiger partial charge is 0.329 e. The van der Waals surface area contributed by atoms with Gasteiger partial charge in [-0.25, -0.2) is 4.79 Å². The molecule has 3 heterocycles. The molecule has 1 aliphatic heterocycles. The first kappa shape index (κ1) is 20.4. The van der Waals surface area contributed by atoms with Gasteiger partial charge >= 0.3 is 5.69 Å². The number of para-hydroxylation sites is 2. The Balaban J connectivity index is 1.31. The number of imidazole rings is 1. The van der Waals surface area contributed by atoms with Gasteiger partial charge in [0.25, 0.3) is 0 Å². The molecule has 32 heavy (non-hydrogen) atoms. The Morgan fingerprint density at radius 2 is 1.81 bits per heavy atom. The van der Waals surface area contributed by atoms with Gasteiger partial charge in [0.05, 0.1) is 18.1 Å². The monoisotopic (exact) mass is 432 g/mol. The molecule has 0 bridgehead atoms. The molecule has 1 N–H and O–H groups in total. The number of likely N-dealkylation sites (tertiary alicyclic amines) is 1. The Morgan fingerprint density at radius 3 is 2.50 bits per heavy atom. The maximum absolute atomic E-state index is 13.1. The van der Waals surface area contributed by atoms with Crippen molar-refractivity contribution >= 4 is 27.8 Å². The van der Waals surface area contributed by atoms with E-state index in [1.807, 2.05) is 48.2 Å². The van der Waals surface area contributed by atoms with Gasteiger partial charge in [-0.05, 0) is 61.6 Å². The van der Waals surface area contributed by atoms with Gasteiger partial charge in [-0.1, -0.05) is 12.1 Å². The Hall–Kier alpha value is -3.48. The van der Waals surface area contributed by atoms with E-state index in [9.17, 15) is 9.59 Å². The lowest BCUT2D eigenvalue weighted by Gasteiger charge is -2.32. The van der Waals surface area contributed by atoms with E-state index in [-0.39, 0.29) is 18.1 Å². The quantitative estimate of drug-likeness (QED) is 0.522. The van der Waals surface area contributed by atoms with E-state index < -0.39 is 0 Å². The molecule has 0 aliphatic carbocycles. The molecule has 1 fully saturated rings. The van der Waals surface area contributed by atoms with Crippen LogP contribution in [0, 0.1) is 0 Å². The normalized spacial score (nSPS) is 15.0. The van der Waals surface area contributed by atoms with Gasteiger partial charge < -0.3 is 14.6 Å². The van der Waals surface area contributed by atoms with Crippen LogP contribution in [0.4, 0.5) is 0 Å². The summed E-state index contributed by atoms with van der Waals surface area (Å²) in [5.41, 5.74) is 3.96. The number of fused-ring (bicyclic) bond motifs is 2. The van der Waals surface area contributed by atoms with Gasteiger partial charge in [-0.3, -0.25) is 13.9 Å². The highest BCUT2D eigenvalue weighted by Gasteiger charge is 2.26. The summed E-state index contributed by atoms with van der Waals surface area (Å²) in [5, 5.41) is 1.19. The van der Waals surface area contributed by atoms with Crippen molar-refractivity contribution in [1.82, 2.24) is 19.0 Å². The second-order valence-corrected chi connectivity index (χ2v) is 8.41. The Kier molecular flexibility index (Phi) is 5.25. The zero-order valence-electron chi connectivity index (χ0n) is 18.5. The van der Waals surface area contributed by atoms with Crippen LogP contribution in [0.5, 0.6) is 5.75 Å². The zero-order valence-corrected chi connectivity index (χ0v) is 18.5. The highest BCUT2D eigenvalue weighted by atomic mass is 16.5. The summed E-state index contributed by atoms with van der Waals surface area (Å²) in [6.07, 6.45) is 3.90. The molecule has 0 atom stereocenters. The second-order valence-electron chi connectivity index (χ2n) is 8.41. The van der Waals surface area contributed by atoms with Crippen LogP contribution in [0.2, 0.25) is 0 Å². The third kappa shape index (κ3) is 3.38. The fourth-order valence-electron chi connectivity index (χ4n) is 4.99. The summed E-state index contributed by atoms with van der Waals surface area (Å²) >= 11 is 0. The number of hydrogen-bond donors (Lipinski definition) is 1. The molecule has 4 aromatic rings. The van der Waals surface area contributed by atoms with Gasteiger partial charge in [-0.15, -0.1) is 0 Å². The number of aromatic nitrogens is 3. The number of ether oxygens (including phenoxy) is 1. The van der Waals surface area contributed by atoms with E-state index in [1.165, 1.54) is 10.9 Å². The van der Waals surface area contributed by atoms with Gasteiger partial charge in [0.15, 0.2) is 0 Å². The largest absolute Gasteiger partial charge is 0.497 e. The summed E-state index contributed by atoms with van der Waals surface area (Å²) < 4.78 is 8.73. The number of hydrogen-bond acceptors (Lipinski definition) is 3. The number of aromatic amines is 1. The fourth-order valence-corrected chi connectivity index (χ4v) is 4.99. The molecule has 0 saturated carbocycles. The van der Waals surface area contributed by atoms with Crippen molar-refractivity contribution in [3.63, 3.8) is 0 Å². The van der Waals surface area contributed by atoms with Crippen LogP contribution in [0.25, 0.3) is 21.9 Å². The highest BCUT2D eigenvalue weighted by Crippen LogP contribution is 2.34. The lowest BCUT2D eigenvalue weighted by atomic mass is 9.89. The molecular formula is C25H28N4O3.